The smallest absolute Gasteiger partial charge is 0.230 e. The second-order valence-corrected chi connectivity index (χ2v) is 5.82. The number of amides is 2. The number of imide groups is 1. The third-order valence-electron chi connectivity index (χ3n) is 4.48. The van der Waals surface area contributed by atoms with Crippen molar-refractivity contribution in [2.75, 3.05) is 6.61 Å². The molecule has 2 unspecified atom stereocenters. The Hall–Kier alpha value is -2.17. The molecular formula is C17H19NO4. The van der Waals surface area contributed by atoms with Crippen LogP contribution in [-0.2, 0) is 16.0 Å². The molecule has 1 aromatic carbocycles. The van der Waals surface area contributed by atoms with Crippen molar-refractivity contribution in [3.05, 3.63) is 29.3 Å². The molecule has 5 nitrogen and oxygen atoms in total. The molecule has 0 radical (unpaired) electrons. The summed E-state index contributed by atoms with van der Waals surface area (Å²) in [4.78, 5) is 36.0. The van der Waals surface area contributed by atoms with Crippen LogP contribution in [0.1, 0.15) is 42.1 Å². The zero-order valence-corrected chi connectivity index (χ0v) is 12.6. The second-order valence-electron chi connectivity index (χ2n) is 5.82. The zero-order valence-electron chi connectivity index (χ0n) is 12.6. The van der Waals surface area contributed by atoms with Crippen molar-refractivity contribution in [1.29, 1.82) is 0 Å². The molecule has 3 rings (SSSR count). The van der Waals surface area contributed by atoms with E-state index in [2.05, 4.69) is 5.32 Å². The van der Waals surface area contributed by atoms with Gasteiger partial charge in [-0.15, -0.1) is 0 Å². The highest BCUT2D eigenvalue weighted by molar-refractivity contribution is 6.05. The summed E-state index contributed by atoms with van der Waals surface area (Å²) in [7, 11) is 0. The number of rotatable bonds is 3. The van der Waals surface area contributed by atoms with Crippen molar-refractivity contribution in [2.24, 2.45) is 11.8 Å². The minimum absolute atomic E-state index is 0.0128. The molecular weight excluding hydrogens is 282 g/mol. The normalized spacial score (nSPS) is 24.7. The molecule has 0 bridgehead atoms. The first-order chi connectivity index (χ1) is 10.6. The number of aryl methyl sites for hydroxylation is 1. The summed E-state index contributed by atoms with van der Waals surface area (Å²) < 4.78 is 5.47. The number of ether oxygens (including phenoxy) is 1. The molecule has 0 saturated carbocycles. The lowest BCUT2D eigenvalue weighted by Gasteiger charge is -2.31. The lowest BCUT2D eigenvalue weighted by Crippen LogP contribution is -2.46. The molecule has 5 heteroatoms. The van der Waals surface area contributed by atoms with Gasteiger partial charge in [0.1, 0.15) is 5.75 Å². The van der Waals surface area contributed by atoms with E-state index in [1.165, 1.54) is 0 Å². The number of carbonyl (C=O) groups excluding carboxylic acids is 3. The summed E-state index contributed by atoms with van der Waals surface area (Å²) in [6, 6.07) is 5.51. The Morgan fingerprint density at radius 1 is 1.14 bits per heavy atom. The Balaban J connectivity index is 1.82. The van der Waals surface area contributed by atoms with Gasteiger partial charge in [-0.2, -0.15) is 0 Å². The van der Waals surface area contributed by atoms with Gasteiger partial charge in [-0.3, -0.25) is 19.7 Å². The number of hydrogen-bond donors (Lipinski definition) is 1. The van der Waals surface area contributed by atoms with Crippen LogP contribution >= 0.6 is 0 Å². The Bertz CT molecular complexity index is 638. The van der Waals surface area contributed by atoms with Crippen molar-refractivity contribution in [3.8, 4) is 5.75 Å². The van der Waals surface area contributed by atoms with Gasteiger partial charge in [0.25, 0.3) is 0 Å². The fourth-order valence-corrected chi connectivity index (χ4v) is 3.39. The van der Waals surface area contributed by atoms with Gasteiger partial charge in [0.15, 0.2) is 5.78 Å². The monoisotopic (exact) mass is 301 g/mol. The number of carbonyl (C=O) groups is 3. The summed E-state index contributed by atoms with van der Waals surface area (Å²) in [5.74, 6) is -0.467. The molecule has 22 heavy (non-hydrogen) atoms. The third kappa shape index (κ3) is 2.63. The number of fused-ring (bicyclic) bond motifs is 1. The first-order valence-electron chi connectivity index (χ1n) is 7.73. The van der Waals surface area contributed by atoms with E-state index >= 15 is 0 Å². The fraction of sp³-hybridized carbons (Fsp3) is 0.471. The molecule has 2 aliphatic rings. The standard InChI is InChI=1S/C17H19NO4/c1-2-22-11-4-6-12-10(9-11)3-5-13(16(12)20)14-7-8-15(19)18-17(14)21/h4,6,9,13-14H,2-3,5,7-8H2,1H3,(H,18,19,21). The minimum Gasteiger partial charge on any atom is -0.494 e. The molecule has 116 valence electrons. The van der Waals surface area contributed by atoms with Gasteiger partial charge in [0.2, 0.25) is 11.8 Å². The molecule has 1 aromatic rings. The molecule has 2 atom stereocenters. The van der Waals surface area contributed by atoms with Crippen molar-refractivity contribution < 1.29 is 19.1 Å². The Kier molecular flexibility index (Phi) is 3.96. The number of benzene rings is 1. The van der Waals surface area contributed by atoms with Gasteiger partial charge >= 0.3 is 0 Å². The van der Waals surface area contributed by atoms with Crippen LogP contribution in [0.2, 0.25) is 0 Å². The van der Waals surface area contributed by atoms with E-state index in [1.807, 2.05) is 13.0 Å². The van der Waals surface area contributed by atoms with E-state index in [-0.39, 0.29) is 29.4 Å². The summed E-state index contributed by atoms with van der Waals surface area (Å²) in [6.07, 6.45) is 2.18. The molecule has 0 spiro atoms. The maximum absolute atomic E-state index is 12.7. The predicted molar refractivity (Wildman–Crippen MR) is 79.6 cm³/mol. The van der Waals surface area contributed by atoms with Crippen LogP contribution in [0.25, 0.3) is 0 Å². The Labute approximate surface area is 129 Å². The average Bonchev–Trinajstić information content (AvgIpc) is 2.49. The van der Waals surface area contributed by atoms with Crippen molar-refractivity contribution in [1.82, 2.24) is 5.32 Å². The first-order valence-corrected chi connectivity index (χ1v) is 7.73. The highest BCUT2D eigenvalue weighted by Crippen LogP contribution is 2.35. The number of hydrogen-bond acceptors (Lipinski definition) is 4. The van der Waals surface area contributed by atoms with Gasteiger partial charge in [-0.25, -0.2) is 0 Å². The maximum Gasteiger partial charge on any atom is 0.230 e. The number of Topliss-reactive ketones (excluding diaryl/α,β-unsaturated/α-hetero) is 1. The molecule has 0 aromatic heterocycles. The van der Waals surface area contributed by atoms with Crippen LogP contribution in [-0.4, -0.2) is 24.2 Å². The molecule has 1 fully saturated rings. The first kappa shape index (κ1) is 14.8. The summed E-state index contributed by atoms with van der Waals surface area (Å²) >= 11 is 0. The Morgan fingerprint density at radius 2 is 1.91 bits per heavy atom. The zero-order chi connectivity index (χ0) is 15.7. The van der Waals surface area contributed by atoms with Crippen molar-refractivity contribution in [2.45, 2.75) is 32.6 Å². The van der Waals surface area contributed by atoms with E-state index < -0.39 is 0 Å². The van der Waals surface area contributed by atoms with Crippen LogP contribution in [0.3, 0.4) is 0 Å². The topological polar surface area (TPSA) is 72.5 Å². The minimum atomic E-state index is -0.384. The largest absolute Gasteiger partial charge is 0.494 e. The highest BCUT2D eigenvalue weighted by Gasteiger charge is 2.39. The molecule has 1 aliphatic heterocycles. The van der Waals surface area contributed by atoms with E-state index in [9.17, 15) is 14.4 Å². The van der Waals surface area contributed by atoms with Crippen LogP contribution in [0.4, 0.5) is 0 Å². The van der Waals surface area contributed by atoms with Crippen LogP contribution in [0.15, 0.2) is 18.2 Å². The SMILES string of the molecule is CCOc1ccc2c(c1)CCC(C1CCC(=O)NC1=O)C2=O. The molecule has 1 aliphatic carbocycles. The highest BCUT2D eigenvalue weighted by atomic mass is 16.5. The van der Waals surface area contributed by atoms with E-state index in [0.29, 0.717) is 31.4 Å². The van der Waals surface area contributed by atoms with Crippen LogP contribution in [0, 0.1) is 11.8 Å². The predicted octanol–water partition coefficient (Wildman–Crippen LogP) is 1.88. The van der Waals surface area contributed by atoms with Crippen LogP contribution < -0.4 is 10.1 Å². The third-order valence-corrected chi connectivity index (χ3v) is 4.48. The molecule has 1 heterocycles. The number of piperidine rings is 1. The summed E-state index contributed by atoms with van der Waals surface area (Å²) in [5.41, 5.74) is 1.67. The van der Waals surface area contributed by atoms with Gasteiger partial charge in [0, 0.05) is 23.8 Å². The van der Waals surface area contributed by atoms with Gasteiger partial charge < -0.3 is 4.74 Å². The van der Waals surface area contributed by atoms with E-state index in [4.69, 9.17) is 4.74 Å². The molecule has 1 N–H and O–H groups in total. The van der Waals surface area contributed by atoms with Gasteiger partial charge in [0.05, 0.1) is 6.61 Å². The maximum atomic E-state index is 12.7. The van der Waals surface area contributed by atoms with Crippen molar-refractivity contribution >= 4 is 17.6 Å². The Morgan fingerprint density at radius 3 is 2.64 bits per heavy atom. The average molecular weight is 301 g/mol. The van der Waals surface area contributed by atoms with E-state index in [1.54, 1.807) is 12.1 Å². The molecule has 1 saturated heterocycles. The summed E-state index contributed by atoms with van der Waals surface area (Å²) in [6.45, 7) is 2.51. The summed E-state index contributed by atoms with van der Waals surface area (Å²) in [5, 5.41) is 2.35. The second kappa shape index (κ2) is 5.91. The van der Waals surface area contributed by atoms with Gasteiger partial charge in [-0.1, -0.05) is 0 Å². The van der Waals surface area contributed by atoms with E-state index in [0.717, 1.165) is 17.7 Å². The van der Waals surface area contributed by atoms with Crippen molar-refractivity contribution in [3.63, 3.8) is 0 Å². The quantitative estimate of drug-likeness (QED) is 0.865. The van der Waals surface area contributed by atoms with Gasteiger partial charge in [-0.05, 0) is 49.9 Å². The molecule has 2 amide bonds. The number of ketones is 1. The number of nitrogens with one attached hydrogen (secondary N) is 1. The van der Waals surface area contributed by atoms with Crippen LogP contribution in [0.5, 0.6) is 5.75 Å². The lowest BCUT2D eigenvalue weighted by molar-refractivity contribution is -0.137. The lowest BCUT2D eigenvalue weighted by atomic mass is 9.73. The fourth-order valence-electron chi connectivity index (χ4n) is 3.39.